The number of nitrogens with zero attached hydrogens (tertiary/aromatic N) is 4. The number of hydrogen-bond donors (Lipinski definition) is 1. The minimum atomic E-state index is 0. The van der Waals surface area contributed by atoms with Gasteiger partial charge < -0.3 is 10.2 Å². The predicted molar refractivity (Wildman–Crippen MR) is 86.2 cm³/mol. The Labute approximate surface area is 137 Å². The molecule has 3 rings (SSSR count). The second kappa shape index (κ2) is 8.58. The van der Waals surface area contributed by atoms with Crippen LogP contribution in [0.25, 0.3) is 0 Å². The topological polar surface area (TPSA) is 53.4 Å². The Balaban J connectivity index is 0.00000110. The molecule has 0 aliphatic carbocycles. The van der Waals surface area contributed by atoms with Crippen LogP contribution in [-0.2, 0) is 11.3 Å². The highest BCUT2D eigenvalue weighted by atomic mass is 35.5. The molecular weight excluding hydrogens is 313 g/mol. The summed E-state index contributed by atoms with van der Waals surface area (Å²) in [7, 11) is 0. The van der Waals surface area contributed by atoms with Gasteiger partial charge in [-0.05, 0) is 19.0 Å². The molecule has 2 aliphatic rings. The molecule has 2 saturated heterocycles. The lowest BCUT2D eigenvalue weighted by atomic mass is 10.2. The summed E-state index contributed by atoms with van der Waals surface area (Å²) in [6.45, 7) is 6.27. The van der Waals surface area contributed by atoms with Gasteiger partial charge in [-0.25, -0.2) is 0 Å². The average Bonchev–Trinajstić information content (AvgIpc) is 3.12. The molecule has 1 aromatic rings. The molecule has 3 heterocycles. The van der Waals surface area contributed by atoms with Gasteiger partial charge in [-0.2, -0.15) is 5.10 Å². The number of rotatable bonds is 3. The van der Waals surface area contributed by atoms with E-state index in [0.29, 0.717) is 12.6 Å². The highest BCUT2D eigenvalue weighted by Gasteiger charge is 2.27. The lowest BCUT2D eigenvalue weighted by Crippen LogP contribution is -2.53. The van der Waals surface area contributed by atoms with Gasteiger partial charge in [-0.15, -0.1) is 24.8 Å². The molecule has 1 amide bonds. The molecule has 21 heavy (non-hydrogen) atoms. The Morgan fingerprint density at radius 2 is 2.00 bits per heavy atom. The fourth-order valence-electron chi connectivity index (χ4n) is 2.92. The average molecular weight is 336 g/mol. The van der Waals surface area contributed by atoms with E-state index in [1.165, 1.54) is 6.42 Å². The summed E-state index contributed by atoms with van der Waals surface area (Å²) in [6, 6.07) is 2.52. The third kappa shape index (κ3) is 4.57. The van der Waals surface area contributed by atoms with Crippen molar-refractivity contribution in [1.29, 1.82) is 0 Å². The number of halogens is 2. The van der Waals surface area contributed by atoms with Crippen LogP contribution in [0.3, 0.4) is 0 Å². The Morgan fingerprint density at radius 3 is 2.57 bits per heavy atom. The Morgan fingerprint density at radius 1 is 1.24 bits per heavy atom. The van der Waals surface area contributed by atoms with Crippen molar-refractivity contribution >= 4 is 30.7 Å². The summed E-state index contributed by atoms with van der Waals surface area (Å²) in [4.78, 5) is 16.6. The monoisotopic (exact) mass is 335 g/mol. The number of amides is 1. The molecule has 120 valence electrons. The summed E-state index contributed by atoms with van der Waals surface area (Å²) < 4.78 is 1.69. The van der Waals surface area contributed by atoms with E-state index in [-0.39, 0.29) is 30.7 Å². The first kappa shape index (κ1) is 18.2. The van der Waals surface area contributed by atoms with Crippen LogP contribution < -0.4 is 5.32 Å². The SMILES string of the molecule is Cl.Cl.O=C(Cn1cccn1)N1CCN(C2CCNC2)CC1. The molecule has 0 saturated carbocycles. The number of nitrogens with one attached hydrogen (secondary N) is 1. The van der Waals surface area contributed by atoms with Crippen LogP contribution >= 0.6 is 24.8 Å². The summed E-state index contributed by atoms with van der Waals surface area (Å²) >= 11 is 0. The summed E-state index contributed by atoms with van der Waals surface area (Å²) in [5, 5.41) is 7.48. The minimum Gasteiger partial charge on any atom is -0.339 e. The normalized spacial score (nSPS) is 22.5. The highest BCUT2D eigenvalue weighted by molar-refractivity contribution is 5.85. The second-order valence-corrected chi connectivity index (χ2v) is 5.27. The number of aromatic nitrogens is 2. The van der Waals surface area contributed by atoms with Crippen molar-refractivity contribution in [3.63, 3.8) is 0 Å². The zero-order valence-corrected chi connectivity index (χ0v) is 13.6. The molecule has 2 fully saturated rings. The second-order valence-electron chi connectivity index (χ2n) is 5.27. The predicted octanol–water partition coefficient (Wildman–Crippen LogP) is 0.233. The van der Waals surface area contributed by atoms with Gasteiger partial charge in [0.25, 0.3) is 0 Å². The van der Waals surface area contributed by atoms with Crippen molar-refractivity contribution in [2.45, 2.75) is 19.0 Å². The molecule has 6 nitrogen and oxygen atoms in total. The molecule has 8 heteroatoms. The van der Waals surface area contributed by atoms with Gasteiger partial charge in [0.1, 0.15) is 6.54 Å². The zero-order valence-electron chi connectivity index (χ0n) is 12.0. The van der Waals surface area contributed by atoms with Gasteiger partial charge in [-0.3, -0.25) is 14.4 Å². The van der Waals surface area contributed by atoms with Crippen molar-refractivity contribution in [3.8, 4) is 0 Å². The zero-order chi connectivity index (χ0) is 13.1. The fourth-order valence-corrected chi connectivity index (χ4v) is 2.92. The van der Waals surface area contributed by atoms with E-state index in [0.717, 1.165) is 39.3 Å². The summed E-state index contributed by atoms with van der Waals surface area (Å²) in [5.41, 5.74) is 0. The van der Waals surface area contributed by atoms with E-state index in [1.54, 1.807) is 10.9 Å². The van der Waals surface area contributed by atoms with Crippen LogP contribution in [0.4, 0.5) is 0 Å². The van der Waals surface area contributed by atoms with E-state index in [9.17, 15) is 4.79 Å². The Bertz CT molecular complexity index is 414. The third-order valence-corrected chi connectivity index (χ3v) is 4.07. The summed E-state index contributed by atoms with van der Waals surface area (Å²) in [6.07, 6.45) is 4.78. The molecule has 0 aromatic carbocycles. The van der Waals surface area contributed by atoms with Gasteiger partial charge in [0, 0.05) is 51.2 Å². The van der Waals surface area contributed by atoms with Gasteiger partial charge in [0.15, 0.2) is 0 Å². The van der Waals surface area contributed by atoms with Gasteiger partial charge >= 0.3 is 0 Å². The van der Waals surface area contributed by atoms with Gasteiger partial charge in [-0.1, -0.05) is 0 Å². The molecule has 2 aliphatic heterocycles. The minimum absolute atomic E-state index is 0. The number of carbonyl (C=O) groups excluding carboxylic acids is 1. The first-order chi connectivity index (χ1) is 9.33. The first-order valence-electron chi connectivity index (χ1n) is 7.03. The molecule has 1 aromatic heterocycles. The van der Waals surface area contributed by atoms with Gasteiger partial charge in [0.05, 0.1) is 0 Å². The number of piperazine rings is 1. The van der Waals surface area contributed by atoms with Crippen LogP contribution in [0.15, 0.2) is 18.5 Å². The van der Waals surface area contributed by atoms with Crippen LogP contribution in [0.1, 0.15) is 6.42 Å². The molecule has 0 bridgehead atoms. The molecule has 0 radical (unpaired) electrons. The van der Waals surface area contributed by atoms with Crippen molar-refractivity contribution in [2.75, 3.05) is 39.3 Å². The maximum absolute atomic E-state index is 12.1. The lowest BCUT2D eigenvalue weighted by molar-refractivity contribution is -0.134. The number of hydrogen-bond acceptors (Lipinski definition) is 4. The Hall–Kier alpha value is -0.820. The molecular formula is C13H23Cl2N5O. The van der Waals surface area contributed by atoms with E-state index >= 15 is 0 Å². The van der Waals surface area contributed by atoms with E-state index in [1.807, 2.05) is 17.2 Å². The third-order valence-electron chi connectivity index (χ3n) is 4.07. The largest absolute Gasteiger partial charge is 0.339 e. The molecule has 1 unspecified atom stereocenters. The number of carbonyl (C=O) groups is 1. The van der Waals surface area contributed by atoms with E-state index in [4.69, 9.17) is 0 Å². The summed E-state index contributed by atoms with van der Waals surface area (Å²) in [5.74, 6) is 0.174. The van der Waals surface area contributed by atoms with Crippen LogP contribution in [-0.4, -0.2) is 70.8 Å². The smallest absolute Gasteiger partial charge is 0.244 e. The molecule has 1 atom stereocenters. The fraction of sp³-hybridized carbons (Fsp3) is 0.692. The van der Waals surface area contributed by atoms with E-state index < -0.39 is 0 Å². The molecule has 1 N–H and O–H groups in total. The van der Waals surface area contributed by atoms with Crippen molar-refractivity contribution in [2.24, 2.45) is 0 Å². The lowest BCUT2D eigenvalue weighted by Gasteiger charge is -2.37. The van der Waals surface area contributed by atoms with Crippen LogP contribution in [0, 0.1) is 0 Å². The van der Waals surface area contributed by atoms with Crippen LogP contribution in [0.5, 0.6) is 0 Å². The molecule has 0 spiro atoms. The van der Waals surface area contributed by atoms with Crippen LogP contribution in [0.2, 0.25) is 0 Å². The first-order valence-corrected chi connectivity index (χ1v) is 7.03. The quantitative estimate of drug-likeness (QED) is 0.859. The van der Waals surface area contributed by atoms with Gasteiger partial charge in [0.2, 0.25) is 5.91 Å². The maximum Gasteiger partial charge on any atom is 0.244 e. The van der Waals surface area contributed by atoms with E-state index in [2.05, 4.69) is 15.3 Å². The maximum atomic E-state index is 12.1. The van der Waals surface area contributed by atoms with Crippen molar-refractivity contribution in [3.05, 3.63) is 18.5 Å². The van der Waals surface area contributed by atoms with Crippen molar-refractivity contribution in [1.82, 2.24) is 24.9 Å². The van der Waals surface area contributed by atoms with Crippen molar-refractivity contribution < 1.29 is 4.79 Å². The Kier molecular flexibility index (Phi) is 7.45. The highest BCUT2D eigenvalue weighted by Crippen LogP contribution is 2.12. The standard InChI is InChI=1S/C13H21N5O.2ClH/c19-13(11-18-5-1-3-15-18)17-8-6-16(7-9-17)12-2-4-14-10-12;;/h1,3,5,12,14H,2,4,6-11H2;2*1H.